The zero-order valence-electron chi connectivity index (χ0n) is 33.0. The summed E-state index contributed by atoms with van der Waals surface area (Å²) in [4.78, 5) is 99.0. The van der Waals surface area contributed by atoms with E-state index in [1.165, 1.54) is 23.1 Å². The molecule has 0 spiro atoms. The Morgan fingerprint density at radius 3 is 2.17 bits per heavy atom. The third kappa shape index (κ3) is 10.8. The Morgan fingerprint density at radius 1 is 0.810 bits per heavy atom. The summed E-state index contributed by atoms with van der Waals surface area (Å²) in [6, 6.07) is 6.67. The topological polar surface area (TPSA) is 251 Å². The maximum Gasteiger partial charge on any atom is 0.246 e. The number of amides is 7. The van der Waals surface area contributed by atoms with E-state index >= 15 is 0 Å². The molecule has 5 atom stereocenters. The molecule has 3 heterocycles. The van der Waals surface area contributed by atoms with Crippen LogP contribution in [0.4, 0.5) is 0 Å². The minimum absolute atomic E-state index is 0.0111. The second kappa shape index (κ2) is 19.3. The first kappa shape index (κ1) is 42.9. The van der Waals surface area contributed by atoms with Crippen molar-refractivity contribution in [2.24, 2.45) is 5.92 Å². The molecule has 0 aliphatic carbocycles. The number of aliphatic hydroxyl groups is 1. The number of nitrogens with one attached hydrogen (secondary N) is 7. The molecule has 0 saturated carbocycles. The van der Waals surface area contributed by atoms with Gasteiger partial charge >= 0.3 is 0 Å². The Hall–Kier alpha value is -6.23. The molecule has 17 heteroatoms. The van der Waals surface area contributed by atoms with E-state index in [1.807, 2.05) is 44.2 Å². The third-order valence-corrected chi connectivity index (χ3v) is 10.2. The maximum absolute atomic E-state index is 13.8. The number of phenolic OH excluding ortho intramolecular Hbond substituents is 1. The molecular formula is C41H52N8O9. The van der Waals surface area contributed by atoms with Crippen LogP contribution >= 0.6 is 0 Å². The summed E-state index contributed by atoms with van der Waals surface area (Å²) in [7, 11) is 0. The molecule has 0 unspecified atom stereocenters. The van der Waals surface area contributed by atoms with Crippen molar-refractivity contribution in [2.75, 3.05) is 26.2 Å². The Morgan fingerprint density at radius 2 is 1.47 bits per heavy atom. The summed E-state index contributed by atoms with van der Waals surface area (Å²) in [5, 5.41) is 38.1. The Bertz CT molecular complexity index is 2070. The Balaban J connectivity index is 1.45. The van der Waals surface area contributed by atoms with Crippen LogP contribution in [0.5, 0.6) is 5.75 Å². The first-order valence-corrected chi connectivity index (χ1v) is 19.3. The molecule has 17 nitrogen and oxygen atoms in total. The summed E-state index contributed by atoms with van der Waals surface area (Å²) in [5.74, 6) is -5.63. The van der Waals surface area contributed by atoms with E-state index < -0.39 is 97.2 Å². The number of aliphatic hydroxyl groups excluding tert-OH is 1. The fourth-order valence-electron chi connectivity index (χ4n) is 7.01. The van der Waals surface area contributed by atoms with Crippen LogP contribution < -0.4 is 31.9 Å². The van der Waals surface area contributed by atoms with E-state index in [1.54, 1.807) is 20.0 Å². The van der Waals surface area contributed by atoms with Crippen molar-refractivity contribution in [3.05, 3.63) is 77.0 Å². The number of benzene rings is 2. The predicted octanol–water partition coefficient (Wildman–Crippen LogP) is 0.122. The number of phenols is 1. The van der Waals surface area contributed by atoms with E-state index in [4.69, 9.17) is 0 Å². The van der Waals surface area contributed by atoms with Crippen LogP contribution in [-0.2, 0) is 46.4 Å². The molecule has 7 amide bonds. The number of fused-ring (bicyclic) bond motifs is 2. The number of allylic oxidation sites excluding steroid dienone is 2. The lowest BCUT2D eigenvalue weighted by Gasteiger charge is -2.27. The summed E-state index contributed by atoms with van der Waals surface area (Å²) in [6.07, 6.45) is 3.03. The molecular weight excluding hydrogens is 748 g/mol. The molecule has 2 aliphatic rings. The van der Waals surface area contributed by atoms with Gasteiger partial charge in [0.2, 0.25) is 41.4 Å². The van der Waals surface area contributed by atoms with Crippen molar-refractivity contribution in [3.63, 3.8) is 0 Å². The molecule has 5 rings (SSSR count). The van der Waals surface area contributed by atoms with Gasteiger partial charge in [-0.3, -0.25) is 33.6 Å². The molecule has 2 saturated heterocycles. The van der Waals surface area contributed by atoms with Crippen molar-refractivity contribution in [3.8, 4) is 5.75 Å². The molecule has 3 aromatic rings. The van der Waals surface area contributed by atoms with Gasteiger partial charge in [0.1, 0.15) is 36.0 Å². The minimum atomic E-state index is -1.70. The number of carbonyl (C=O) groups is 7. The second-order valence-corrected chi connectivity index (χ2v) is 15.2. The summed E-state index contributed by atoms with van der Waals surface area (Å²) in [6.45, 7) is 5.59. The van der Waals surface area contributed by atoms with E-state index in [2.05, 4.69) is 36.9 Å². The van der Waals surface area contributed by atoms with Gasteiger partial charge in [-0.25, -0.2) is 0 Å². The van der Waals surface area contributed by atoms with Gasteiger partial charge in [-0.05, 0) is 73.9 Å². The summed E-state index contributed by atoms with van der Waals surface area (Å²) >= 11 is 0. The quantitative estimate of drug-likeness (QED) is 0.147. The zero-order chi connectivity index (χ0) is 42.1. The average Bonchev–Trinajstić information content (AvgIpc) is 3.86. The molecule has 58 heavy (non-hydrogen) atoms. The number of carbonyl (C=O) groups excluding carboxylic acids is 7. The lowest BCUT2D eigenvalue weighted by atomic mass is 9.97. The first-order chi connectivity index (χ1) is 27.6. The van der Waals surface area contributed by atoms with Gasteiger partial charge in [0.05, 0.1) is 19.6 Å². The number of rotatable bonds is 7. The molecule has 0 bridgehead atoms. The molecule has 310 valence electrons. The number of hydrogen-bond acceptors (Lipinski definition) is 9. The number of aromatic amines is 1. The second-order valence-electron chi connectivity index (χ2n) is 15.2. The van der Waals surface area contributed by atoms with Gasteiger partial charge in [-0.2, -0.15) is 0 Å². The van der Waals surface area contributed by atoms with Gasteiger partial charge in [-0.1, -0.05) is 49.8 Å². The third-order valence-electron chi connectivity index (χ3n) is 10.2. The number of H-pyrrole nitrogens is 1. The van der Waals surface area contributed by atoms with Gasteiger partial charge in [-0.15, -0.1) is 0 Å². The van der Waals surface area contributed by atoms with Gasteiger partial charge < -0.3 is 52.0 Å². The number of hydrogen-bond donors (Lipinski definition) is 9. The normalized spacial score (nSPS) is 22.4. The molecule has 9 N–H and O–H groups in total. The van der Waals surface area contributed by atoms with Crippen LogP contribution in [0.15, 0.2) is 60.3 Å². The van der Waals surface area contributed by atoms with Gasteiger partial charge in [0.15, 0.2) is 0 Å². The standard InChI is InChI=1S/C41H52N8O9/c1-22(2)11-12-24-16-25(13-14-31(24)50)37(54)36-41(58)44-20-32(51)47-35(23(3)4)40(57)45-21-34(53)49-15-7-10-30(49)39(56)46-29(38(55)43-19-33(52)48-36)17-26-18-42-28-9-6-5-8-27(26)28/h5-6,8-9,11,13-14,16,18,23,29-30,35-37,42,50,54H,7,10,12,15,17,19-21H2,1-4H3,(H,43,55)(H,44,58)(H,45,57)(H,46,56)(H,47,51)(H,48,52)/t29-,30+,35-,36-,37-/m0/s1. The van der Waals surface area contributed by atoms with Gasteiger partial charge in [0.25, 0.3) is 0 Å². The first-order valence-electron chi connectivity index (χ1n) is 19.3. The van der Waals surface area contributed by atoms with Crippen LogP contribution in [0.1, 0.15) is 63.3 Å². The highest BCUT2D eigenvalue weighted by Gasteiger charge is 2.37. The lowest BCUT2D eigenvalue weighted by Crippen LogP contribution is -2.56. The monoisotopic (exact) mass is 800 g/mol. The van der Waals surface area contributed by atoms with Gasteiger partial charge in [0, 0.05) is 30.1 Å². The van der Waals surface area contributed by atoms with E-state index in [0.29, 0.717) is 30.4 Å². The van der Waals surface area contributed by atoms with Crippen LogP contribution in [0, 0.1) is 5.92 Å². The lowest BCUT2D eigenvalue weighted by molar-refractivity contribution is -0.140. The van der Waals surface area contributed by atoms with Crippen molar-refractivity contribution in [1.82, 2.24) is 41.8 Å². The van der Waals surface area contributed by atoms with Crippen LogP contribution in [0.2, 0.25) is 0 Å². The fourth-order valence-corrected chi connectivity index (χ4v) is 7.01. The van der Waals surface area contributed by atoms with E-state index in [-0.39, 0.29) is 24.3 Å². The fraction of sp³-hybridized carbons (Fsp3) is 0.439. The molecule has 1 aromatic heterocycles. The summed E-state index contributed by atoms with van der Waals surface area (Å²) in [5.41, 5.74) is 3.11. The van der Waals surface area contributed by atoms with Crippen LogP contribution in [0.25, 0.3) is 10.9 Å². The smallest absolute Gasteiger partial charge is 0.246 e. The molecule has 2 fully saturated rings. The van der Waals surface area contributed by atoms with E-state index in [9.17, 15) is 43.8 Å². The highest BCUT2D eigenvalue weighted by molar-refractivity contribution is 5.97. The van der Waals surface area contributed by atoms with Crippen LogP contribution in [0.3, 0.4) is 0 Å². The van der Waals surface area contributed by atoms with Crippen molar-refractivity contribution < 1.29 is 43.8 Å². The highest BCUT2D eigenvalue weighted by atomic mass is 16.3. The highest BCUT2D eigenvalue weighted by Crippen LogP contribution is 2.26. The maximum atomic E-state index is 13.8. The Labute approximate surface area is 335 Å². The summed E-state index contributed by atoms with van der Waals surface area (Å²) < 4.78 is 0. The zero-order valence-corrected chi connectivity index (χ0v) is 33.0. The SMILES string of the molecule is CC(C)=CCc1cc([C@H](O)[C@@H]2NC(=O)CNC(=O)[C@H](Cc3c[nH]c4ccccc34)NC(=O)[C@H]3CCCN3C(=O)CNC(=O)[C@H](C(C)C)NC(=O)CNC2=O)ccc1O. The molecule has 2 aromatic carbocycles. The van der Waals surface area contributed by atoms with E-state index in [0.717, 1.165) is 16.5 Å². The molecule has 0 radical (unpaired) electrons. The van der Waals surface area contributed by atoms with Crippen LogP contribution in [-0.4, -0.2) is 112 Å². The number of aromatic hydroxyl groups is 1. The predicted molar refractivity (Wildman–Crippen MR) is 213 cm³/mol. The largest absolute Gasteiger partial charge is 0.508 e. The Kier molecular flexibility index (Phi) is 14.3. The average molecular weight is 801 g/mol. The van der Waals surface area contributed by atoms with Crippen molar-refractivity contribution in [1.29, 1.82) is 0 Å². The number of para-hydroxylation sites is 1. The van der Waals surface area contributed by atoms with Crippen molar-refractivity contribution >= 4 is 52.3 Å². The minimum Gasteiger partial charge on any atom is -0.508 e. The number of nitrogens with zero attached hydrogens (tertiary/aromatic N) is 1. The van der Waals surface area contributed by atoms with Crippen molar-refractivity contribution in [2.45, 2.75) is 83.6 Å². The number of aromatic nitrogens is 1. The molecule has 2 aliphatic heterocycles.